The van der Waals surface area contributed by atoms with Gasteiger partial charge < -0.3 is 20.5 Å². The molecule has 128 valence electrons. The molecular weight excluding hydrogens is 296 g/mol. The molecule has 0 unspecified atom stereocenters. The van der Waals surface area contributed by atoms with Crippen molar-refractivity contribution in [2.45, 2.75) is 39.0 Å². The largest absolute Gasteiger partial charge is 0.493 e. The van der Waals surface area contributed by atoms with Gasteiger partial charge in [0.1, 0.15) is 5.75 Å². The molecule has 0 aliphatic rings. The molecule has 0 aliphatic heterocycles. The van der Waals surface area contributed by atoms with Crippen molar-refractivity contribution in [2.75, 3.05) is 19.7 Å². The van der Waals surface area contributed by atoms with Crippen molar-refractivity contribution in [2.24, 2.45) is 0 Å². The van der Waals surface area contributed by atoms with Crippen molar-refractivity contribution in [3.05, 3.63) is 29.8 Å². The molecule has 6 nitrogen and oxygen atoms in total. The quantitative estimate of drug-likeness (QED) is 0.547. The summed E-state index contributed by atoms with van der Waals surface area (Å²) in [5.74, 6) is 0.0990. The van der Waals surface area contributed by atoms with E-state index in [1.807, 2.05) is 31.2 Å². The maximum absolute atomic E-state index is 11.5. The smallest absolute Gasteiger partial charge is 0.314 e. The summed E-state index contributed by atoms with van der Waals surface area (Å²) >= 11 is 0. The van der Waals surface area contributed by atoms with Crippen LogP contribution in [0.4, 0.5) is 4.79 Å². The molecule has 1 rings (SSSR count). The Bertz CT molecular complexity index is 491. The molecule has 1 aromatic rings. The van der Waals surface area contributed by atoms with Gasteiger partial charge in [-0.15, -0.1) is 0 Å². The Kier molecular flexibility index (Phi) is 9.28. The van der Waals surface area contributed by atoms with Gasteiger partial charge in [-0.2, -0.15) is 0 Å². The molecule has 0 saturated heterocycles. The molecule has 0 spiro atoms. The number of unbranched alkanes of at least 4 members (excludes halogenated alkanes) is 2. The first-order valence-corrected chi connectivity index (χ1v) is 8.01. The van der Waals surface area contributed by atoms with Crippen molar-refractivity contribution in [1.82, 2.24) is 10.6 Å². The van der Waals surface area contributed by atoms with Crippen LogP contribution in [0.3, 0.4) is 0 Å². The summed E-state index contributed by atoms with van der Waals surface area (Å²) in [5.41, 5.74) is 1.10. The number of ether oxygens (including phenoxy) is 1. The molecule has 0 aromatic heterocycles. The van der Waals surface area contributed by atoms with E-state index in [0.717, 1.165) is 30.6 Å². The molecular formula is C17H26N2O4. The molecule has 6 heteroatoms. The van der Waals surface area contributed by atoms with Crippen molar-refractivity contribution in [3.8, 4) is 5.75 Å². The van der Waals surface area contributed by atoms with Gasteiger partial charge in [0.15, 0.2) is 0 Å². The number of hydrogen-bond acceptors (Lipinski definition) is 3. The summed E-state index contributed by atoms with van der Waals surface area (Å²) in [4.78, 5) is 21.8. The Morgan fingerprint density at radius 3 is 2.43 bits per heavy atom. The van der Waals surface area contributed by atoms with Gasteiger partial charge in [0.2, 0.25) is 0 Å². The summed E-state index contributed by atoms with van der Waals surface area (Å²) in [6.07, 6.45) is 3.16. The third-order valence-electron chi connectivity index (χ3n) is 3.31. The van der Waals surface area contributed by atoms with Gasteiger partial charge in [0.25, 0.3) is 0 Å². The van der Waals surface area contributed by atoms with Gasteiger partial charge >= 0.3 is 12.0 Å². The third-order valence-corrected chi connectivity index (χ3v) is 3.31. The number of carboxylic acid groups (broad SMARTS) is 1. The minimum absolute atomic E-state index is 0.188. The number of nitrogens with one attached hydrogen (secondary N) is 2. The summed E-state index contributed by atoms with van der Waals surface area (Å²) in [6, 6.07) is 7.64. The Balaban J connectivity index is 1.96. The number of carboxylic acids is 1. The van der Waals surface area contributed by atoms with Gasteiger partial charge in [-0.25, -0.2) is 4.79 Å². The normalized spacial score (nSPS) is 10.1. The zero-order valence-corrected chi connectivity index (χ0v) is 13.6. The van der Waals surface area contributed by atoms with E-state index >= 15 is 0 Å². The van der Waals surface area contributed by atoms with E-state index in [2.05, 4.69) is 10.6 Å². The number of rotatable bonds is 11. The van der Waals surface area contributed by atoms with E-state index in [1.54, 1.807) is 0 Å². The lowest BCUT2D eigenvalue weighted by atomic mass is 10.2. The predicted octanol–water partition coefficient (Wildman–Crippen LogP) is 2.71. The molecule has 0 aliphatic carbocycles. The Labute approximate surface area is 137 Å². The van der Waals surface area contributed by atoms with Crippen LogP contribution in [0.2, 0.25) is 0 Å². The number of hydrogen-bond donors (Lipinski definition) is 3. The van der Waals surface area contributed by atoms with Crippen LogP contribution in [0.5, 0.6) is 5.75 Å². The highest BCUT2D eigenvalue weighted by atomic mass is 16.5. The van der Waals surface area contributed by atoms with Crippen LogP contribution in [-0.2, 0) is 4.79 Å². The average molecular weight is 322 g/mol. The molecule has 0 bridgehead atoms. The van der Waals surface area contributed by atoms with E-state index in [4.69, 9.17) is 9.84 Å². The predicted molar refractivity (Wildman–Crippen MR) is 88.8 cm³/mol. The average Bonchev–Trinajstić information content (AvgIpc) is 2.52. The van der Waals surface area contributed by atoms with Crippen molar-refractivity contribution >= 4 is 12.0 Å². The first-order chi connectivity index (χ1) is 11.1. The van der Waals surface area contributed by atoms with Crippen LogP contribution in [0.1, 0.15) is 37.7 Å². The Hall–Kier alpha value is -2.24. The topological polar surface area (TPSA) is 87.7 Å². The van der Waals surface area contributed by atoms with Crippen molar-refractivity contribution in [1.29, 1.82) is 0 Å². The van der Waals surface area contributed by atoms with E-state index in [1.165, 1.54) is 0 Å². The minimum Gasteiger partial charge on any atom is -0.493 e. The number of aliphatic carboxylic acids is 1. The molecule has 0 heterocycles. The molecule has 23 heavy (non-hydrogen) atoms. The van der Waals surface area contributed by atoms with E-state index in [0.29, 0.717) is 26.1 Å². The van der Waals surface area contributed by atoms with Crippen molar-refractivity contribution in [3.63, 3.8) is 0 Å². The SMILES string of the molecule is Cc1ccccc1OCCCNC(=O)NCCCCCC(=O)O. The lowest BCUT2D eigenvalue weighted by molar-refractivity contribution is -0.137. The van der Waals surface area contributed by atoms with E-state index in [-0.39, 0.29) is 12.5 Å². The Morgan fingerprint density at radius 2 is 1.74 bits per heavy atom. The van der Waals surface area contributed by atoms with Gasteiger partial charge in [-0.05, 0) is 37.8 Å². The fraction of sp³-hybridized carbons (Fsp3) is 0.529. The van der Waals surface area contributed by atoms with Crippen LogP contribution < -0.4 is 15.4 Å². The molecule has 1 aromatic carbocycles. The number of urea groups is 1. The fourth-order valence-corrected chi connectivity index (χ4v) is 2.02. The zero-order valence-electron chi connectivity index (χ0n) is 13.6. The number of carbonyl (C=O) groups excluding carboxylic acids is 1. The molecule has 0 saturated carbocycles. The first-order valence-electron chi connectivity index (χ1n) is 8.01. The highest BCUT2D eigenvalue weighted by Crippen LogP contribution is 2.15. The number of para-hydroxylation sites is 1. The highest BCUT2D eigenvalue weighted by Gasteiger charge is 2.01. The molecule has 0 atom stereocenters. The molecule has 0 fully saturated rings. The third kappa shape index (κ3) is 9.39. The van der Waals surface area contributed by atoms with Gasteiger partial charge in [0, 0.05) is 19.5 Å². The number of benzene rings is 1. The Morgan fingerprint density at radius 1 is 1.04 bits per heavy atom. The van der Waals surface area contributed by atoms with Gasteiger partial charge in [-0.3, -0.25) is 4.79 Å². The summed E-state index contributed by atoms with van der Waals surface area (Å²) in [7, 11) is 0. The maximum Gasteiger partial charge on any atom is 0.314 e. The van der Waals surface area contributed by atoms with Gasteiger partial charge in [0.05, 0.1) is 6.61 Å². The van der Waals surface area contributed by atoms with E-state index in [9.17, 15) is 9.59 Å². The zero-order chi connectivity index (χ0) is 16.9. The summed E-state index contributed by atoms with van der Waals surface area (Å²) in [6.45, 7) is 3.67. The summed E-state index contributed by atoms with van der Waals surface area (Å²) < 4.78 is 5.64. The number of aryl methyl sites for hydroxylation is 1. The molecule has 3 N–H and O–H groups in total. The monoisotopic (exact) mass is 322 g/mol. The second-order valence-corrected chi connectivity index (χ2v) is 5.35. The van der Waals surface area contributed by atoms with Crippen LogP contribution in [0.25, 0.3) is 0 Å². The van der Waals surface area contributed by atoms with Crippen molar-refractivity contribution < 1.29 is 19.4 Å². The maximum atomic E-state index is 11.5. The number of carbonyl (C=O) groups is 2. The van der Waals surface area contributed by atoms with E-state index < -0.39 is 5.97 Å². The second-order valence-electron chi connectivity index (χ2n) is 5.35. The van der Waals surface area contributed by atoms with Gasteiger partial charge in [-0.1, -0.05) is 24.6 Å². The minimum atomic E-state index is -0.774. The highest BCUT2D eigenvalue weighted by molar-refractivity contribution is 5.73. The van der Waals surface area contributed by atoms with Crippen LogP contribution in [0, 0.1) is 6.92 Å². The summed E-state index contributed by atoms with van der Waals surface area (Å²) in [5, 5.41) is 14.0. The van der Waals surface area contributed by atoms with Crippen LogP contribution in [-0.4, -0.2) is 36.8 Å². The number of amides is 2. The second kappa shape index (κ2) is 11.3. The first kappa shape index (κ1) is 18.8. The molecule has 2 amide bonds. The lowest BCUT2D eigenvalue weighted by Crippen LogP contribution is -2.36. The van der Waals surface area contributed by atoms with Crippen LogP contribution in [0.15, 0.2) is 24.3 Å². The lowest BCUT2D eigenvalue weighted by Gasteiger charge is -2.10. The standard InChI is InChI=1S/C17H26N2O4/c1-14-8-4-5-9-15(14)23-13-7-12-19-17(22)18-11-6-2-3-10-16(20)21/h4-5,8-9H,2-3,6-7,10-13H2,1H3,(H,20,21)(H2,18,19,22). The fourth-order valence-electron chi connectivity index (χ4n) is 2.02. The van der Waals surface area contributed by atoms with Crippen LogP contribution >= 0.6 is 0 Å². The molecule has 0 radical (unpaired) electrons.